The fourth-order valence-corrected chi connectivity index (χ4v) is 2.69. The van der Waals surface area contributed by atoms with Gasteiger partial charge in [-0.1, -0.05) is 28.1 Å². The largest absolute Gasteiger partial charge is 0.493 e. The van der Waals surface area contributed by atoms with Crippen molar-refractivity contribution in [1.82, 2.24) is 14.8 Å². The van der Waals surface area contributed by atoms with Gasteiger partial charge in [-0.2, -0.15) is 0 Å². The van der Waals surface area contributed by atoms with Crippen LogP contribution in [-0.2, 0) is 0 Å². The molecule has 23 heavy (non-hydrogen) atoms. The van der Waals surface area contributed by atoms with Crippen LogP contribution in [0.2, 0.25) is 0 Å². The monoisotopic (exact) mass is 373 g/mol. The van der Waals surface area contributed by atoms with Crippen LogP contribution in [0.5, 0.6) is 11.5 Å². The molecule has 5 nitrogen and oxygen atoms in total. The number of aryl methyl sites for hydroxylation is 1. The highest BCUT2D eigenvalue weighted by Crippen LogP contribution is 2.31. The zero-order valence-electron chi connectivity index (χ0n) is 13.1. The minimum atomic E-state index is 0.667. The second-order valence-corrected chi connectivity index (χ2v) is 5.87. The predicted molar refractivity (Wildman–Crippen MR) is 92.3 cm³/mol. The normalized spacial score (nSPS) is 10.6. The summed E-state index contributed by atoms with van der Waals surface area (Å²) in [7, 11) is 3.24. The molecule has 0 aliphatic carbocycles. The van der Waals surface area contributed by atoms with E-state index in [4.69, 9.17) is 9.47 Å². The van der Waals surface area contributed by atoms with E-state index >= 15 is 0 Å². The zero-order chi connectivity index (χ0) is 16.4. The average molecular weight is 374 g/mol. The summed E-state index contributed by atoms with van der Waals surface area (Å²) in [5.41, 5.74) is 1.91. The van der Waals surface area contributed by atoms with Crippen molar-refractivity contribution in [2.45, 2.75) is 6.92 Å². The number of hydrogen-bond acceptors (Lipinski definition) is 4. The van der Waals surface area contributed by atoms with Gasteiger partial charge >= 0.3 is 0 Å². The van der Waals surface area contributed by atoms with Crippen LogP contribution in [0.25, 0.3) is 17.1 Å². The molecule has 0 aliphatic heterocycles. The molecule has 0 bridgehead atoms. The first-order valence-corrected chi connectivity index (χ1v) is 7.83. The number of rotatable bonds is 4. The van der Waals surface area contributed by atoms with Crippen molar-refractivity contribution in [1.29, 1.82) is 0 Å². The molecule has 0 amide bonds. The molecule has 0 fully saturated rings. The molecular weight excluding hydrogens is 358 g/mol. The summed E-state index contributed by atoms with van der Waals surface area (Å²) in [5, 5.41) is 8.53. The molecule has 2 aromatic carbocycles. The lowest BCUT2D eigenvalue weighted by Gasteiger charge is -2.13. The van der Waals surface area contributed by atoms with Crippen molar-refractivity contribution in [2.24, 2.45) is 0 Å². The standard InChI is InChI=1S/C17H16BrN3O2/c1-11-19-20-17(12-4-6-13(18)7-5-12)21(11)14-8-9-15(22-2)16(10-14)23-3/h4-10H,1-3H3. The van der Waals surface area contributed by atoms with Crippen molar-refractivity contribution < 1.29 is 9.47 Å². The van der Waals surface area contributed by atoms with E-state index in [-0.39, 0.29) is 0 Å². The van der Waals surface area contributed by atoms with Crippen LogP contribution >= 0.6 is 15.9 Å². The van der Waals surface area contributed by atoms with E-state index < -0.39 is 0 Å². The zero-order valence-corrected chi connectivity index (χ0v) is 14.7. The number of methoxy groups -OCH3 is 2. The van der Waals surface area contributed by atoms with Gasteiger partial charge in [-0.05, 0) is 31.2 Å². The molecule has 3 aromatic rings. The van der Waals surface area contributed by atoms with Crippen LogP contribution in [0, 0.1) is 6.92 Å². The summed E-state index contributed by atoms with van der Waals surface area (Å²) >= 11 is 3.45. The Bertz CT molecular complexity index is 828. The Morgan fingerprint density at radius 3 is 2.26 bits per heavy atom. The van der Waals surface area contributed by atoms with Gasteiger partial charge in [0, 0.05) is 16.1 Å². The smallest absolute Gasteiger partial charge is 0.168 e. The van der Waals surface area contributed by atoms with E-state index in [1.807, 2.05) is 54.0 Å². The van der Waals surface area contributed by atoms with Gasteiger partial charge in [0.05, 0.1) is 19.9 Å². The van der Waals surface area contributed by atoms with Gasteiger partial charge < -0.3 is 9.47 Å². The number of aromatic nitrogens is 3. The molecule has 118 valence electrons. The quantitative estimate of drug-likeness (QED) is 0.692. The Hall–Kier alpha value is -2.34. The van der Waals surface area contributed by atoms with E-state index in [9.17, 15) is 0 Å². The lowest BCUT2D eigenvalue weighted by Crippen LogP contribution is -2.01. The first-order chi connectivity index (χ1) is 11.1. The third-order valence-electron chi connectivity index (χ3n) is 3.55. The summed E-state index contributed by atoms with van der Waals surface area (Å²) in [6, 6.07) is 13.7. The number of ether oxygens (including phenoxy) is 2. The van der Waals surface area contributed by atoms with Crippen LogP contribution < -0.4 is 9.47 Å². The predicted octanol–water partition coefficient (Wildman–Crippen LogP) is 4.02. The van der Waals surface area contributed by atoms with Crippen molar-refractivity contribution in [3.05, 3.63) is 52.8 Å². The topological polar surface area (TPSA) is 49.2 Å². The highest BCUT2D eigenvalue weighted by molar-refractivity contribution is 9.10. The van der Waals surface area contributed by atoms with Crippen molar-refractivity contribution in [2.75, 3.05) is 14.2 Å². The molecule has 6 heteroatoms. The fourth-order valence-electron chi connectivity index (χ4n) is 2.42. The van der Waals surface area contributed by atoms with Gasteiger partial charge in [0.2, 0.25) is 0 Å². The average Bonchev–Trinajstić information content (AvgIpc) is 2.96. The van der Waals surface area contributed by atoms with E-state index in [2.05, 4.69) is 26.1 Å². The van der Waals surface area contributed by atoms with Gasteiger partial charge in [0.1, 0.15) is 5.82 Å². The second-order valence-electron chi connectivity index (χ2n) is 4.95. The number of nitrogens with zero attached hydrogens (tertiary/aromatic N) is 3. The molecule has 3 rings (SSSR count). The summed E-state index contributed by atoms with van der Waals surface area (Å²) in [6.07, 6.45) is 0. The molecule has 0 aliphatic rings. The lowest BCUT2D eigenvalue weighted by molar-refractivity contribution is 0.355. The highest BCUT2D eigenvalue weighted by atomic mass is 79.9. The SMILES string of the molecule is COc1ccc(-n2c(C)nnc2-c2ccc(Br)cc2)cc1OC. The molecule has 0 N–H and O–H groups in total. The Kier molecular flexibility index (Phi) is 4.34. The molecule has 0 atom stereocenters. The van der Waals surface area contributed by atoms with Gasteiger partial charge in [0.25, 0.3) is 0 Å². The molecule has 1 heterocycles. The van der Waals surface area contributed by atoms with Crippen LogP contribution in [0.4, 0.5) is 0 Å². The summed E-state index contributed by atoms with van der Waals surface area (Å²) < 4.78 is 13.7. The third-order valence-corrected chi connectivity index (χ3v) is 4.08. The number of hydrogen-bond donors (Lipinski definition) is 0. The molecule has 0 spiro atoms. The first kappa shape index (κ1) is 15.6. The van der Waals surface area contributed by atoms with Gasteiger partial charge in [-0.3, -0.25) is 4.57 Å². The number of halogens is 1. The molecule has 0 radical (unpaired) electrons. The maximum absolute atomic E-state index is 5.39. The third kappa shape index (κ3) is 2.94. The fraction of sp³-hybridized carbons (Fsp3) is 0.176. The summed E-state index contributed by atoms with van der Waals surface area (Å²) in [4.78, 5) is 0. The molecule has 0 saturated heterocycles. The Labute approximate surface area is 143 Å². The lowest BCUT2D eigenvalue weighted by atomic mass is 10.2. The van der Waals surface area contributed by atoms with Crippen LogP contribution in [0.1, 0.15) is 5.82 Å². The van der Waals surface area contributed by atoms with Gasteiger partial charge in [-0.15, -0.1) is 10.2 Å². The molecular formula is C17H16BrN3O2. The number of benzene rings is 2. The second kappa shape index (κ2) is 6.42. The maximum Gasteiger partial charge on any atom is 0.168 e. The van der Waals surface area contributed by atoms with Crippen molar-refractivity contribution in [3.8, 4) is 28.6 Å². The molecule has 0 unspecified atom stereocenters. The Balaban J connectivity index is 2.13. The summed E-state index contributed by atoms with van der Waals surface area (Å²) in [6.45, 7) is 1.92. The minimum Gasteiger partial charge on any atom is -0.493 e. The summed E-state index contributed by atoms with van der Waals surface area (Å²) in [5.74, 6) is 2.93. The minimum absolute atomic E-state index is 0.667. The van der Waals surface area contributed by atoms with E-state index in [0.717, 1.165) is 27.4 Å². The highest BCUT2D eigenvalue weighted by Gasteiger charge is 2.15. The van der Waals surface area contributed by atoms with Crippen LogP contribution in [0.15, 0.2) is 46.9 Å². The van der Waals surface area contributed by atoms with E-state index in [0.29, 0.717) is 11.5 Å². The van der Waals surface area contributed by atoms with Crippen molar-refractivity contribution in [3.63, 3.8) is 0 Å². The van der Waals surface area contributed by atoms with Crippen molar-refractivity contribution >= 4 is 15.9 Å². The van der Waals surface area contributed by atoms with Crippen LogP contribution in [0.3, 0.4) is 0 Å². The van der Waals surface area contributed by atoms with Gasteiger partial charge in [0.15, 0.2) is 17.3 Å². The van der Waals surface area contributed by atoms with Gasteiger partial charge in [-0.25, -0.2) is 0 Å². The maximum atomic E-state index is 5.39. The first-order valence-electron chi connectivity index (χ1n) is 7.04. The molecule has 0 saturated carbocycles. The Morgan fingerprint density at radius 1 is 0.913 bits per heavy atom. The van der Waals surface area contributed by atoms with Crippen LogP contribution in [-0.4, -0.2) is 29.0 Å². The molecule has 1 aromatic heterocycles. The van der Waals surface area contributed by atoms with E-state index in [1.54, 1.807) is 14.2 Å². The Morgan fingerprint density at radius 2 is 1.61 bits per heavy atom. The van der Waals surface area contributed by atoms with E-state index in [1.165, 1.54) is 0 Å².